The van der Waals surface area contributed by atoms with Crippen molar-refractivity contribution in [3.63, 3.8) is 0 Å². The smallest absolute Gasteiger partial charge is 0.354 e. The second kappa shape index (κ2) is 7.22. The molecule has 0 saturated heterocycles. The Bertz CT molecular complexity index is 499. The highest BCUT2D eigenvalue weighted by Gasteiger charge is 2.18. The van der Waals surface area contributed by atoms with Gasteiger partial charge in [0.2, 0.25) is 5.91 Å². The summed E-state index contributed by atoms with van der Waals surface area (Å²) in [6.45, 7) is 2.30. The minimum absolute atomic E-state index is 0.0378. The lowest BCUT2D eigenvalue weighted by atomic mass is 10.2. The summed E-state index contributed by atoms with van der Waals surface area (Å²) in [4.78, 5) is 39.4. The van der Waals surface area contributed by atoms with Crippen molar-refractivity contribution in [2.75, 3.05) is 20.1 Å². The minimum Gasteiger partial charge on any atom is -0.477 e. The van der Waals surface area contributed by atoms with Crippen LogP contribution in [0.5, 0.6) is 0 Å². The maximum Gasteiger partial charge on any atom is 0.354 e. The third-order valence-corrected chi connectivity index (χ3v) is 2.62. The van der Waals surface area contributed by atoms with E-state index in [4.69, 9.17) is 5.11 Å². The number of pyridine rings is 1. The van der Waals surface area contributed by atoms with E-state index in [1.807, 2.05) is 6.92 Å². The molecule has 108 valence electrons. The molecule has 1 heterocycles. The second-order valence-corrected chi connectivity index (χ2v) is 4.14. The number of hydrogen-bond donors (Lipinski definition) is 2. The standard InChI is InChI=1S/C13H17N3O4/c1-3-6-16(8-11(17)14-2)12(18)9-4-5-10(13(19)20)15-7-9/h4-5,7H,3,6,8H2,1-2H3,(H,14,17)(H,19,20). The molecule has 0 aliphatic rings. The van der Waals surface area contributed by atoms with E-state index in [0.29, 0.717) is 13.0 Å². The minimum atomic E-state index is -1.15. The van der Waals surface area contributed by atoms with Gasteiger partial charge >= 0.3 is 5.97 Å². The average Bonchev–Trinajstić information content (AvgIpc) is 2.46. The Balaban J connectivity index is 2.88. The molecule has 0 aromatic carbocycles. The quantitative estimate of drug-likeness (QED) is 0.784. The Hall–Kier alpha value is -2.44. The number of carboxylic acid groups (broad SMARTS) is 1. The van der Waals surface area contributed by atoms with Crippen molar-refractivity contribution in [3.05, 3.63) is 29.6 Å². The molecular formula is C13H17N3O4. The van der Waals surface area contributed by atoms with Gasteiger partial charge in [-0.3, -0.25) is 9.59 Å². The zero-order valence-electron chi connectivity index (χ0n) is 11.4. The molecule has 7 nitrogen and oxygen atoms in total. The number of aromatic carboxylic acids is 1. The number of carbonyl (C=O) groups is 3. The molecule has 0 aliphatic heterocycles. The monoisotopic (exact) mass is 279 g/mol. The van der Waals surface area contributed by atoms with Gasteiger partial charge in [0.15, 0.2) is 0 Å². The molecule has 1 rings (SSSR count). The summed E-state index contributed by atoms with van der Waals surface area (Å²) >= 11 is 0. The fraction of sp³-hybridized carbons (Fsp3) is 0.385. The Kier molecular flexibility index (Phi) is 5.64. The largest absolute Gasteiger partial charge is 0.477 e. The van der Waals surface area contributed by atoms with Crippen LogP contribution < -0.4 is 5.32 Å². The number of hydrogen-bond acceptors (Lipinski definition) is 4. The number of carbonyl (C=O) groups excluding carboxylic acids is 2. The van der Waals surface area contributed by atoms with Crippen LogP contribution in [0.15, 0.2) is 18.3 Å². The van der Waals surface area contributed by atoms with Crippen LogP contribution >= 0.6 is 0 Å². The lowest BCUT2D eigenvalue weighted by molar-refractivity contribution is -0.121. The van der Waals surface area contributed by atoms with Crippen LogP contribution in [-0.2, 0) is 4.79 Å². The van der Waals surface area contributed by atoms with Crippen molar-refractivity contribution in [3.8, 4) is 0 Å². The maximum absolute atomic E-state index is 12.2. The van der Waals surface area contributed by atoms with E-state index in [0.717, 1.165) is 0 Å². The maximum atomic E-state index is 12.2. The molecule has 2 amide bonds. The molecule has 0 spiro atoms. The van der Waals surface area contributed by atoms with Crippen molar-refractivity contribution >= 4 is 17.8 Å². The molecule has 1 aromatic heterocycles. The van der Waals surface area contributed by atoms with Crippen molar-refractivity contribution in [1.82, 2.24) is 15.2 Å². The highest BCUT2D eigenvalue weighted by molar-refractivity contribution is 5.96. The first-order valence-corrected chi connectivity index (χ1v) is 6.18. The van der Waals surface area contributed by atoms with Gasteiger partial charge < -0.3 is 15.3 Å². The van der Waals surface area contributed by atoms with E-state index in [2.05, 4.69) is 10.3 Å². The molecular weight excluding hydrogens is 262 g/mol. The number of aromatic nitrogens is 1. The number of rotatable bonds is 6. The average molecular weight is 279 g/mol. The topological polar surface area (TPSA) is 99.6 Å². The van der Waals surface area contributed by atoms with Crippen molar-refractivity contribution in [2.45, 2.75) is 13.3 Å². The SMILES string of the molecule is CCCN(CC(=O)NC)C(=O)c1ccc(C(=O)O)nc1. The van der Waals surface area contributed by atoms with E-state index < -0.39 is 5.97 Å². The molecule has 0 aliphatic carbocycles. The predicted octanol–water partition coefficient (Wildman–Crippen LogP) is 0.378. The van der Waals surface area contributed by atoms with Gasteiger partial charge in [0.05, 0.1) is 12.1 Å². The van der Waals surface area contributed by atoms with Gasteiger partial charge in [-0.1, -0.05) is 6.92 Å². The number of carboxylic acids is 1. The molecule has 0 fully saturated rings. The van der Waals surface area contributed by atoms with Crippen LogP contribution in [-0.4, -0.2) is 52.9 Å². The molecule has 2 N–H and O–H groups in total. The fourth-order valence-corrected chi connectivity index (χ4v) is 1.60. The summed E-state index contributed by atoms with van der Waals surface area (Å²) in [7, 11) is 1.50. The molecule has 0 atom stereocenters. The van der Waals surface area contributed by atoms with Gasteiger partial charge in [0.25, 0.3) is 5.91 Å². The molecule has 1 aromatic rings. The Labute approximate surface area is 116 Å². The Morgan fingerprint density at radius 3 is 2.50 bits per heavy atom. The van der Waals surface area contributed by atoms with Crippen LogP contribution in [0, 0.1) is 0 Å². The normalized spacial score (nSPS) is 9.90. The van der Waals surface area contributed by atoms with E-state index >= 15 is 0 Å². The first kappa shape index (κ1) is 15.6. The summed E-state index contributed by atoms with van der Waals surface area (Å²) in [6.07, 6.45) is 1.92. The van der Waals surface area contributed by atoms with Gasteiger partial charge in [-0.15, -0.1) is 0 Å². The van der Waals surface area contributed by atoms with Crippen LogP contribution in [0.3, 0.4) is 0 Å². The zero-order chi connectivity index (χ0) is 15.1. The van der Waals surface area contributed by atoms with Crippen LogP contribution in [0.2, 0.25) is 0 Å². The van der Waals surface area contributed by atoms with Gasteiger partial charge in [-0.05, 0) is 18.6 Å². The van der Waals surface area contributed by atoms with E-state index in [1.165, 1.54) is 30.3 Å². The lowest BCUT2D eigenvalue weighted by Gasteiger charge is -2.21. The zero-order valence-corrected chi connectivity index (χ0v) is 11.4. The molecule has 7 heteroatoms. The van der Waals surface area contributed by atoms with Gasteiger partial charge in [-0.2, -0.15) is 0 Å². The first-order valence-electron chi connectivity index (χ1n) is 6.18. The number of amides is 2. The Morgan fingerprint density at radius 2 is 2.05 bits per heavy atom. The first-order chi connectivity index (χ1) is 9.49. The third kappa shape index (κ3) is 4.04. The van der Waals surface area contributed by atoms with Crippen molar-refractivity contribution < 1.29 is 19.5 Å². The highest BCUT2D eigenvalue weighted by Crippen LogP contribution is 2.06. The molecule has 0 unspecified atom stereocenters. The van der Waals surface area contributed by atoms with Gasteiger partial charge in [0.1, 0.15) is 5.69 Å². The summed E-state index contributed by atoms with van der Waals surface area (Å²) in [5.41, 5.74) is 0.127. The van der Waals surface area contributed by atoms with E-state index in [9.17, 15) is 14.4 Å². The number of nitrogens with one attached hydrogen (secondary N) is 1. The summed E-state index contributed by atoms with van der Waals surface area (Å²) in [6, 6.07) is 2.66. The van der Waals surface area contributed by atoms with Crippen LogP contribution in [0.1, 0.15) is 34.2 Å². The van der Waals surface area contributed by atoms with E-state index in [-0.39, 0.29) is 29.6 Å². The number of nitrogens with zero attached hydrogens (tertiary/aromatic N) is 2. The van der Waals surface area contributed by atoms with Crippen LogP contribution in [0.4, 0.5) is 0 Å². The highest BCUT2D eigenvalue weighted by atomic mass is 16.4. The molecule has 0 saturated carbocycles. The van der Waals surface area contributed by atoms with Crippen molar-refractivity contribution in [2.24, 2.45) is 0 Å². The summed E-state index contributed by atoms with van der Waals surface area (Å²) in [5.74, 6) is -1.76. The third-order valence-electron chi connectivity index (χ3n) is 2.62. The van der Waals surface area contributed by atoms with Gasteiger partial charge in [-0.25, -0.2) is 9.78 Å². The fourth-order valence-electron chi connectivity index (χ4n) is 1.60. The van der Waals surface area contributed by atoms with Crippen LogP contribution in [0.25, 0.3) is 0 Å². The van der Waals surface area contributed by atoms with Crippen molar-refractivity contribution in [1.29, 1.82) is 0 Å². The van der Waals surface area contributed by atoms with E-state index in [1.54, 1.807) is 0 Å². The predicted molar refractivity (Wildman–Crippen MR) is 71.5 cm³/mol. The molecule has 0 radical (unpaired) electrons. The summed E-state index contributed by atoms with van der Waals surface area (Å²) < 4.78 is 0. The molecule has 20 heavy (non-hydrogen) atoms. The molecule has 0 bridgehead atoms. The number of likely N-dealkylation sites (N-methyl/N-ethyl adjacent to an activating group) is 1. The summed E-state index contributed by atoms with van der Waals surface area (Å²) in [5, 5.41) is 11.2. The van der Waals surface area contributed by atoms with Gasteiger partial charge in [0, 0.05) is 19.8 Å². The Morgan fingerprint density at radius 1 is 1.35 bits per heavy atom. The second-order valence-electron chi connectivity index (χ2n) is 4.14. The lowest BCUT2D eigenvalue weighted by Crippen LogP contribution is -2.40.